The average Bonchev–Trinajstić information content (AvgIpc) is 2.98. The number of hydrogen-bond acceptors (Lipinski definition) is 3. The summed E-state index contributed by atoms with van der Waals surface area (Å²) in [5.41, 5.74) is 3.92. The smallest absolute Gasteiger partial charge is 0.0419 e. The van der Waals surface area contributed by atoms with Crippen molar-refractivity contribution in [3.8, 4) is 0 Å². The highest BCUT2D eigenvalue weighted by molar-refractivity contribution is 7.07. The molecule has 0 saturated carbocycles. The number of thiophene rings is 1. The lowest BCUT2D eigenvalue weighted by Gasteiger charge is -2.18. The summed E-state index contributed by atoms with van der Waals surface area (Å²) >= 11 is 1.77. The first kappa shape index (κ1) is 15.2. The lowest BCUT2D eigenvalue weighted by molar-refractivity contribution is 0.501. The molecule has 1 unspecified atom stereocenters. The maximum absolute atomic E-state index is 4.59. The summed E-state index contributed by atoms with van der Waals surface area (Å²) < 4.78 is 0. The topological polar surface area (TPSA) is 24.9 Å². The summed E-state index contributed by atoms with van der Waals surface area (Å²) in [6.45, 7) is 5.45. The van der Waals surface area contributed by atoms with Crippen molar-refractivity contribution in [1.82, 2.24) is 10.3 Å². The molecule has 2 aromatic rings. The van der Waals surface area contributed by atoms with Gasteiger partial charge in [-0.25, -0.2) is 0 Å². The Morgan fingerprint density at radius 3 is 2.65 bits per heavy atom. The zero-order valence-corrected chi connectivity index (χ0v) is 13.2. The van der Waals surface area contributed by atoms with Crippen LogP contribution in [0.2, 0.25) is 0 Å². The van der Waals surface area contributed by atoms with Crippen LogP contribution in [0, 0.1) is 0 Å². The van der Waals surface area contributed by atoms with Gasteiger partial charge in [0.05, 0.1) is 0 Å². The Hall–Kier alpha value is -1.19. The Bertz CT molecular complexity index is 476. The molecule has 0 spiro atoms. The number of aromatic nitrogens is 1. The largest absolute Gasteiger partial charge is 0.313 e. The van der Waals surface area contributed by atoms with Gasteiger partial charge in [-0.15, -0.1) is 0 Å². The zero-order chi connectivity index (χ0) is 14.2. The number of nitrogens with one attached hydrogen (secondary N) is 1. The predicted molar refractivity (Wildman–Crippen MR) is 87.4 cm³/mol. The van der Waals surface area contributed by atoms with E-state index in [0.29, 0.717) is 6.04 Å². The highest BCUT2D eigenvalue weighted by Gasteiger charge is 2.11. The van der Waals surface area contributed by atoms with Crippen molar-refractivity contribution < 1.29 is 0 Å². The maximum Gasteiger partial charge on any atom is 0.0419 e. The number of rotatable bonds is 8. The van der Waals surface area contributed by atoms with Gasteiger partial charge in [-0.3, -0.25) is 4.98 Å². The maximum atomic E-state index is 4.59. The molecule has 2 nitrogen and oxygen atoms in total. The molecule has 20 heavy (non-hydrogen) atoms. The molecule has 0 aliphatic heterocycles. The SMILES string of the molecule is CCCNC(Cc1ccsc1)Cc1ccc(CC)cn1. The van der Waals surface area contributed by atoms with Gasteiger partial charge in [0.25, 0.3) is 0 Å². The van der Waals surface area contributed by atoms with Crippen LogP contribution in [0.4, 0.5) is 0 Å². The van der Waals surface area contributed by atoms with Gasteiger partial charge in [0.1, 0.15) is 0 Å². The van der Waals surface area contributed by atoms with Gasteiger partial charge in [-0.05, 0) is 59.8 Å². The minimum absolute atomic E-state index is 0.476. The van der Waals surface area contributed by atoms with Crippen LogP contribution in [0.1, 0.15) is 37.1 Å². The third-order valence-electron chi connectivity index (χ3n) is 3.49. The minimum Gasteiger partial charge on any atom is -0.313 e. The molecule has 0 fully saturated rings. The van der Waals surface area contributed by atoms with Crippen LogP contribution in [0.25, 0.3) is 0 Å². The molecule has 3 heteroatoms. The summed E-state index contributed by atoms with van der Waals surface area (Å²) in [5.74, 6) is 0. The van der Waals surface area contributed by atoms with Crippen molar-refractivity contribution in [2.75, 3.05) is 6.54 Å². The summed E-state index contributed by atoms with van der Waals surface area (Å²) in [6, 6.07) is 7.07. The van der Waals surface area contributed by atoms with Crippen LogP contribution in [0.5, 0.6) is 0 Å². The highest BCUT2D eigenvalue weighted by Crippen LogP contribution is 2.12. The number of hydrogen-bond donors (Lipinski definition) is 1. The second kappa shape index (κ2) is 8.18. The van der Waals surface area contributed by atoms with E-state index in [1.165, 1.54) is 23.2 Å². The highest BCUT2D eigenvalue weighted by atomic mass is 32.1. The van der Waals surface area contributed by atoms with E-state index in [1.54, 1.807) is 11.3 Å². The fourth-order valence-electron chi connectivity index (χ4n) is 2.30. The minimum atomic E-state index is 0.476. The third kappa shape index (κ3) is 4.73. The van der Waals surface area contributed by atoms with E-state index in [4.69, 9.17) is 0 Å². The van der Waals surface area contributed by atoms with Gasteiger partial charge in [0, 0.05) is 24.4 Å². The average molecular weight is 288 g/mol. The van der Waals surface area contributed by atoms with Crippen LogP contribution >= 0.6 is 11.3 Å². The first-order chi connectivity index (χ1) is 9.81. The molecule has 0 aliphatic rings. The molecule has 0 aliphatic carbocycles. The summed E-state index contributed by atoms with van der Waals surface area (Å²) in [4.78, 5) is 4.59. The van der Waals surface area contributed by atoms with E-state index in [1.807, 2.05) is 6.20 Å². The molecule has 108 valence electrons. The number of pyridine rings is 1. The summed E-state index contributed by atoms with van der Waals surface area (Å²) in [7, 11) is 0. The summed E-state index contributed by atoms with van der Waals surface area (Å²) in [5, 5.41) is 8.05. The van der Waals surface area contributed by atoms with Gasteiger partial charge in [0.15, 0.2) is 0 Å². The standard InChI is InChI=1S/C17H24N2S/c1-3-8-18-17(10-15-7-9-20-13-15)11-16-6-5-14(4-2)12-19-16/h5-7,9,12-13,17-18H,3-4,8,10-11H2,1-2H3. The normalized spacial score (nSPS) is 12.5. The van der Waals surface area contributed by atoms with E-state index in [0.717, 1.165) is 25.8 Å². The molecule has 0 amide bonds. The predicted octanol–water partition coefficient (Wildman–Crippen LogP) is 3.86. The molecular weight excluding hydrogens is 264 g/mol. The van der Waals surface area contributed by atoms with E-state index in [-0.39, 0.29) is 0 Å². The molecule has 0 aromatic carbocycles. The van der Waals surface area contributed by atoms with Crippen LogP contribution in [-0.4, -0.2) is 17.6 Å². The molecule has 1 N–H and O–H groups in total. The van der Waals surface area contributed by atoms with Crippen molar-refractivity contribution in [3.05, 3.63) is 52.0 Å². The van der Waals surface area contributed by atoms with E-state index in [2.05, 4.69) is 53.1 Å². The number of aryl methyl sites for hydroxylation is 1. The zero-order valence-electron chi connectivity index (χ0n) is 12.4. The van der Waals surface area contributed by atoms with Crippen LogP contribution in [0.15, 0.2) is 35.2 Å². The molecule has 1 atom stereocenters. The molecule has 2 rings (SSSR count). The van der Waals surface area contributed by atoms with E-state index < -0.39 is 0 Å². The van der Waals surface area contributed by atoms with Crippen LogP contribution in [0.3, 0.4) is 0 Å². The Morgan fingerprint density at radius 2 is 2.05 bits per heavy atom. The van der Waals surface area contributed by atoms with Crippen molar-refractivity contribution in [3.63, 3.8) is 0 Å². The van der Waals surface area contributed by atoms with E-state index in [9.17, 15) is 0 Å². The van der Waals surface area contributed by atoms with Gasteiger partial charge < -0.3 is 5.32 Å². The van der Waals surface area contributed by atoms with Crippen LogP contribution < -0.4 is 5.32 Å². The van der Waals surface area contributed by atoms with Crippen LogP contribution in [-0.2, 0) is 19.3 Å². The second-order valence-electron chi connectivity index (χ2n) is 5.20. The molecule has 0 bridgehead atoms. The Morgan fingerprint density at radius 1 is 1.15 bits per heavy atom. The van der Waals surface area contributed by atoms with Gasteiger partial charge in [-0.2, -0.15) is 11.3 Å². The van der Waals surface area contributed by atoms with Crippen molar-refractivity contribution in [2.45, 2.75) is 45.6 Å². The van der Waals surface area contributed by atoms with E-state index >= 15 is 0 Å². The Kier molecular flexibility index (Phi) is 6.22. The third-order valence-corrected chi connectivity index (χ3v) is 4.23. The first-order valence-corrected chi connectivity index (χ1v) is 8.44. The quantitative estimate of drug-likeness (QED) is 0.798. The van der Waals surface area contributed by atoms with Gasteiger partial charge >= 0.3 is 0 Å². The van der Waals surface area contributed by atoms with Crippen molar-refractivity contribution >= 4 is 11.3 Å². The number of nitrogens with zero attached hydrogens (tertiary/aromatic N) is 1. The molecular formula is C17H24N2S. The molecule has 0 saturated heterocycles. The first-order valence-electron chi connectivity index (χ1n) is 7.50. The Balaban J connectivity index is 1.98. The fourth-order valence-corrected chi connectivity index (χ4v) is 2.98. The fraction of sp³-hybridized carbons (Fsp3) is 0.471. The summed E-state index contributed by atoms with van der Waals surface area (Å²) in [6.07, 6.45) is 6.32. The second-order valence-corrected chi connectivity index (χ2v) is 5.98. The van der Waals surface area contributed by atoms with Crippen molar-refractivity contribution in [1.29, 1.82) is 0 Å². The molecule has 0 radical (unpaired) electrons. The monoisotopic (exact) mass is 288 g/mol. The lowest BCUT2D eigenvalue weighted by Crippen LogP contribution is -2.34. The van der Waals surface area contributed by atoms with Gasteiger partial charge in [-0.1, -0.05) is 19.9 Å². The Labute approximate surface area is 126 Å². The molecule has 2 heterocycles. The van der Waals surface area contributed by atoms with Crippen molar-refractivity contribution in [2.24, 2.45) is 0 Å². The van der Waals surface area contributed by atoms with Gasteiger partial charge in [0.2, 0.25) is 0 Å². The lowest BCUT2D eigenvalue weighted by atomic mass is 10.0. The molecule has 2 aromatic heterocycles.